The number of nitrogens with two attached hydrogens (primary N) is 1. The van der Waals surface area contributed by atoms with Crippen molar-refractivity contribution in [1.82, 2.24) is 14.6 Å². The number of hydrogen-bond acceptors (Lipinski definition) is 4. The maximum atomic E-state index is 5.57. The zero-order chi connectivity index (χ0) is 13.2. The van der Waals surface area contributed by atoms with Gasteiger partial charge in [-0.2, -0.15) is 0 Å². The van der Waals surface area contributed by atoms with Crippen LogP contribution in [-0.2, 0) is 6.54 Å². The van der Waals surface area contributed by atoms with Gasteiger partial charge in [-0.15, -0.1) is 5.10 Å². The standard InChI is InChI=1S/C13H12BrN5/c14-9-2-1-3-10(6-9)16-12-4-5-13-17-11(7-15)8-19(13)18-12/h1-6,8H,7,15H2,(H,16,18). The van der Waals surface area contributed by atoms with Crippen molar-refractivity contribution in [2.75, 3.05) is 5.32 Å². The van der Waals surface area contributed by atoms with Gasteiger partial charge in [-0.3, -0.25) is 0 Å². The Morgan fingerprint density at radius 1 is 1.26 bits per heavy atom. The number of nitrogens with zero attached hydrogens (tertiary/aromatic N) is 3. The van der Waals surface area contributed by atoms with Crippen molar-refractivity contribution in [2.24, 2.45) is 5.73 Å². The lowest BCUT2D eigenvalue weighted by Crippen LogP contribution is -1.98. The molecule has 0 atom stereocenters. The molecule has 1 aromatic carbocycles. The summed E-state index contributed by atoms with van der Waals surface area (Å²) in [5.74, 6) is 0.756. The van der Waals surface area contributed by atoms with Crippen LogP contribution in [0.5, 0.6) is 0 Å². The summed E-state index contributed by atoms with van der Waals surface area (Å²) < 4.78 is 2.74. The normalized spacial score (nSPS) is 10.8. The van der Waals surface area contributed by atoms with Crippen molar-refractivity contribution < 1.29 is 0 Å². The molecule has 6 heteroatoms. The Balaban J connectivity index is 1.92. The van der Waals surface area contributed by atoms with E-state index in [1.54, 1.807) is 4.52 Å². The molecule has 0 aliphatic carbocycles. The van der Waals surface area contributed by atoms with Crippen LogP contribution in [0.2, 0.25) is 0 Å². The molecule has 0 saturated carbocycles. The first-order valence-corrected chi connectivity index (χ1v) is 6.62. The summed E-state index contributed by atoms with van der Waals surface area (Å²) in [4.78, 5) is 4.33. The number of fused-ring (bicyclic) bond motifs is 1. The molecule has 2 aromatic heterocycles. The third-order valence-corrected chi connectivity index (χ3v) is 3.17. The average Bonchev–Trinajstić information content (AvgIpc) is 2.81. The fourth-order valence-corrected chi connectivity index (χ4v) is 2.21. The predicted octanol–water partition coefficient (Wildman–Crippen LogP) is 2.69. The zero-order valence-electron chi connectivity index (χ0n) is 10.0. The van der Waals surface area contributed by atoms with E-state index >= 15 is 0 Å². The molecular weight excluding hydrogens is 306 g/mol. The number of aromatic nitrogens is 3. The highest BCUT2D eigenvalue weighted by atomic mass is 79.9. The van der Waals surface area contributed by atoms with Crippen LogP contribution in [-0.4, -0.2) is 14.6 Å². The molecule has 2 heterocycles. The van der Waals surface area contributed by atoms with Gasteiger partial charge >= 0.3 is 0 Å². The number of benzene rings is 1. The number of imidazole rings is 1. The second kappa shape index (κ2) is 4.99. The van der Waals surface area contributed by atoms with Gasteiger partial charge in [0.05, 0.1) is 11.9 Å². The number of rotatable bonds is 3. The highest BCUT2D eigenvalue weighted by Crippen LogP contribution is 2.19. The monoisotopic (exact) mass is 317 g/mol. The van der Waals surface area contributed by atoms with Gasteiger partial charge in [0.1, 0.15) is 0 Å². The number of hydrogen-bond donors (Lipinski definition) is 2. The third-order valence-electron chi connectivity index (χ3n) is 2.68. The summed E-state index contributed by atoms with van der Waals surface area (Å²) in [6.45, 7) is 0.414. The van der Waals surface area contributed by atoms with Crippen LogP contribution in [0.15, 0.2) is 47.1 Å². The highest BCUT2D eigenvalue weighted by Gasteiger charge is 2.03. The molecule has 5 nitrogen and oxygen atoms in total. The SMILES string of the molecule is NCc1cn2nc(Nc3cccc(Br)c3)ccc2n1. The Morgan fingerprint density at radius 3 is 2.95 bits per heavy atom. The van der Waals surface area contributed by atoms with E-state index < -0.39 is 0 Å². The van der Waals surface area contributed by atoms with Gasteiger partial charge in [0, 0.05) is 16.7 Å². The fourth-order valence-electron chi connectivity index (χ4n) is 1.81. The minimum atomic E-state index is 0.414. The topological polar surface area (TPSA) is 68.2 Å². The summed E-state index contributed by atoms with van der Waals surface area (Å²) in [5.41, 5.74) is 8.16. The zero-order valence-corrected chi connectivity index (χ0v) is 11.6. The molecule has 0 radical (unpaired) electrons. The molecule has 0 aliphatic rings. The summed E-state index contributed by atoms with van der Waals surface area (Å²) >= 11 is 3.44. The molecule has 0 spiro atoms. The molecule has 3 rings (SSSR count). The molecule has 96 valence electrons. The Hall–Kier alpha value is -1.92. The van der Waals surface area contributed by atoms with Crippen LogP contribution in [0.25, 0.3) is 5.65 Å². The lowest BCUT2D eigenvalue weighted by molar-refractivity contribution is 0.934. The summed E-state index contributed by atoms with van der Waals surface area (Å²) in [6, 6.07) is 11.7. The van der Waals surface area contributed by atoms with Gasteiger partial charge < -0.3 is 11.1 Å². The van der Waals surface area contributed by atoms with Crippen LogP contribution in [0.4, 0.5) is 11.5 Å². The Kier molecular flexibility index (Phi) is 3.18. The minimum Gasteiger partial charge on any atom is -0.339 e. The Morgan fingerprint density at radius 2 is 2.16 bits per heavy atom. The largest absolute Gasteiger partial charge is 0.339 e. The lowest BCUT2D eigenvalue weighted by atomic mass is 10.3. The van der Waals surface area contributed by atoms with Gasteiger partial charge in [-0.1, -0.05) is 22.0 Å². The average molecular weight is 318 g/mol. The van der Waals surface area contributed by atoms with Crippen molar-refractivity contribution >= 4 is 33.1 Å². The van der Waals surface area contributed by atoms with E-state index in [9.17, 15) is 0 Å². The summed E-state index contributed by atoms with van der Waals surface area (Å²) in [7, 11) is 0. The van der Waals surface area contributed by atoms with Crippen molar-refractivity contribution in [2.45, 2.75) is 6.54 Å². The van der Waals surface area contributed by atoms with Crippen molar-refractivity contribution in [3.63, 3.8) is 0 Å². The van der Waals surface area contributed by atoms with Crippen LogP contribution in [0.3, 0.4) is 0 Å². The third kappa shape index (κ3) is 2.59. The van der Waals surface area contributed by atoms with E-state index in [-0.39, 0.29) is 0 Å². The van der Waals surface area contributed by atoms with Gasteiger partial charge in [0.2, 0.25) is 0 Å². The van der Waals surface area contributed by atoms with Crippen LogP contribution >= 0.6 is 15.9 Å². The van der Waals surface area contributed by atoms with Crippen LogP contribution in [0, 0.1) is 0 Å². The highest BCUT2D eigenvalue weighted by molar-refractivity contribution is 9.10. The van der Waals surface area contributed by atoms with E-state index in [1.807, 2.05) is 42.6 Å². The van der Waals surface area contributed by atoms with Crippen molar-refractivity contribution in [3.05, 3.63) is 52.8 Å². The molecule has 3 N–H and O–H groups in total. The molecule has 0 fully saturated rings. The maximum Gasteiger partial charge on any atom is 0.153 e. The molecular formula is C13H12BrN5. The number of halogens is 1. The molecule has 19 heavy (non-hydrogen) atoms. The van der Waals surface area contributed by atoms with Gasteiger partial charge in [0.15, 0.2) is 11.5 Å². The minimum absolute atomic E-state index is 0.414. The smallest absolute Gasteiger partial charge is 0.153 e. The van der Waals surface area contributed by atoms with Crippen LogP contribution in [0.1, 0.15) is 5.69 Å². The van der Waals surface area contributed by atoms with Crippen molar-refractivity contribution in [3.8, 4) is 0 Å². The van der Waals surface area contributed by atoms with E-state index in [1.165, 1.54) is 0 Å². The number of nitrogens with one attached hydrogen (secondary N) is 1. The predicted molar refractivity (Wildman–Crippen MR) is 78.3 cm³/mol. The van der Waals surface area contributed by atoms with E-state index in [0.717, 1.165) is 27.3 Å². The quantitative estimate of drug-likeness (QED) is 0.779. The van der Waals surface area contributed by atoms with E-state index in [0.29, 0.717) is 6.54 Å². The first-order chi connectivity index (χ1) is 9.24. The van der Waals surface area contributed by atoms with E-state index in [2.05, 4.69) is 31.3 Å². The molecule has 0 aliphatic heterocycles. The number of anilines is 2. The second-order valence-electron chi connectivity index (χ2n) is 4.09. The second-order valence-corrected chi connectivity index (χ2v) is 5.01. The molecule has 0 amide bonds. The lowest BCUT2D eigenvalue weighted by Gasteiger charge is -2.05. The fraction of sp³-hybridized carbons (Fsp3) is 0.0769. The van der Waals surface area contributed by atoms with Crippen molar-refractivity contribution in [1.29, 1.82) is 0 Å². The molecule has 3 aromatic rings. The Bertz CT molecular complexity index is 722. The molecule has 0 unspecified atom stereocenters. The summed E-state index contributed by atoms with van der Waals surface area (Å²) in [5, 5.41) is 7.68. The Labute approximate surface area is 118 Å². The maximum absolute atomic E-state index is 5.57. The van der Waals surface area contributed by atoms with Gasteiger partial charge in [0.25, 0.3) is 0 Å². The van der Waals surface area contributed by atoms with E-state index in [4.69, 9.17) is 5.73 Å². The van der Waals surface area contributed by atoms with Gasteiger partial charge in [-0.05, 0) is 30.3 Å². The molecule has 0 bridgehead atoms. The first kappa shape index (κ1) is 12.1. The summed E-state index contributed by atoms with van der Waals surface area (Å²) in [6.07, 6.45) is 1.83. The van der Waals surface area contributed by atoms with Gasteiger partial charge in [-0.25, -0.2) is 9.50 Å². The van der Waals surface area contributed by atoms with Crippen LogP contribution < -0.4 is 11.1 Å². The first-order valence-electron chi connectivity index (χ1n) is 5.82. The molecule has 0 saturated heterocycles.